The molecule has 1 rings (SSSR count). The quantitative estimate of drug-likeness (QED) is 0.438. The van der Waals surface area contributed by atoms with Crippen LogP contribution < -0.4 is 0 Å². The Kier molecular flexibility index (Phi) is 3.93. The van der Waals surface area contributed by atoms with E-state index in [-0.39, 0.29) is 9.90 Å². The molecular formula is C5H8BP. The zero-order valence-corrected chi connectivity index (χ0v) is 5.59. The van der Waals surface area contributed by atoms with E-state index in [1.807, 2.05) is 37.0 Å². The summed E-state index contributed by atoms with van der Waals surface area (Å²) in [6.45, 7) is 2.00. The molecule has 1 aromatic rings. The van der Waals surface area contributed by atoms with Crippen molar-refractivity contribution in [2.24, 2.45) is 0 Å². The standard InChI is InChI=1S/C5H5B.H3P/c1-2-4-6-5-3-1;/h1-5H;1H3. The van der Waals surface area contributed by atoms with Crippen LogP contribution in [0.15, 0.2) is 30.1 Å². The van der Waals surface area contributed by atoms with Crippen molar-refractivity contribution in [3.8, 4) is 0 Å². The van der Waals surface area contributed by atoms with Gasteiger partial charge in [-0.3, -0.25) is 0 Å². The van der Waals surface area contributed by atoms with Crippen LogP contribution in [-0.2, 0) is 0 Å². The van der Waals surface area contributed by atoms with Gasteiger partial charge in [-0.1, -0.05) is 0 Å². The SMILES string of the molecule is P.b1ccccc1. The van der Waals surface area contributed by atoms with E-state index in [0.29, 0.717) is 0 Å². The molecule has 1 heterocycles. The predicted molar refractivity (Wildman–Crippen MR) is 38.9 cm³/mol. The van der Waals surface area contributed by atoms with Crippen LogP contribution in [0.2, 0.25) is 0 Å². The predicted octanol–water partition coefficient (Wildman–Crippen LogP) is 1.08. The molecule has 0 spiro atoms. The number of hydrogen-bond acceptors (Lipinski definition) is 0. The first-order valence-corrected chi connectivity index (χ1v) is 2.00. The molecule has 1 aromatic heterocycles. The average Bonchev–Trinajstić information content (AvgIpc) is 1.72. The van der Waals surface area contributed by atoms with Crippen LogP contribution >= 0.6 is 9.90 Å². The molecule has 1 unspecified atom stereocenters. The van der Waals surface area contributed by atoms with E-state index < -0.39 is 0 Å². The fourth-order valence-corrected chi connectivity index (χ4v) is 0.385. The first-order valence-electron chi connectivity index (χ1n) is 2.00. The molecule has 0 nitrogen and oxygen atoms in total. The summed E-state index contributed by atoms with van der Waals surface area (Å²) in [6, 6.07) is 6.00. The van der Waals surface area contributed by atoms with Gasteiger partial charge in [-0.2, -0.15) is 9.90 Å². The minimum absolute atomic E-state index is 0. The van der Waals surface area contributed by atoms with E-state index in [1.165, 1.54) is 0 Å². The summed E-state index contributed by atoms with van der Waals surface area (Å²) in [5, 5.41) is 0. The molecule has 36 valence electrons. The summed E-state index contributed by atoms with van der Waals surface area (Å²) in [5.74, 6) is 4.00. The molecule has 2 heteroatoms. The molecule has 0 aliphatic carbocycles. The normalized spacial score (nSPS) is 6.29. The van der Waals surface area contributed by atoms with E-state index in [0.717, 1.165) is 0 Å². The maximum absolute atomic E-state index is 2.00. The summed E-state index contributed by atoms with van der Waals surface area (Å²) >= 11 is 0. The molecule has 0 saturated heterocycles. The fraction of sp³-hybridized carbons (Fsp3) is 0. The Morgan fingerprint density at radius 3 is 1.57 bits per heavy atom. The monoisotopic (exact) mass is 110 g/mol. The van der Waals surface area contributed by atoms with Gasteiger partial charge in [0.15, 0.2) is 0 Å². The zero-order valence-electron chi connectivity index (χ0n) is 4.17. The van der Waals surface area contributed by atoms with Crippen LogP contribution in [0.4, 0.5) is 0 Å². The van der Waals surface area contributed by atoms with Gasteiger partial charge in [-0.15, -0.1) is 0 Å². The molecule has 0 bridgehead atoms. The molecule has 0 aromatic carbocycles. The van der Waals surface area contributed by atoms with E-state index in [1.54, 1.807) is 0 Å². The van der Waals surface area contributed by atoms with Gasteiger partial charge in [0.25, 0.3) is 0 Å². The van der Waals surface area contributed by atoms with Crippen LogP contribution in [-0.4, -0.2) is 6.91 Å². The molecule has 0 radical (unpaired) electrons. The van der Waals surface area contributed by atoms with Crippen LogP contribution in [0.1, 0.15) is 0 Å². The zero-order chi connectivity index (χ0) is 4.24. The summed E-state index contributed by atoms with van der Waals surface area (Å²) in [7, 11) is 0. The molecule has 7 heavy (non-hydrogen) atoms. The summed E-state index contributed by atoms with van der Waals surface area (Å²) in [5.41, 5.74) is 0. The molecule has 1 atom stereocenters. The van der Waals surface area contributed by atoms with Crippen molar-refractivity contribution in [1.82, 2.24) is 0 Å². The third-order valence-corrected chi connectivity index (χ3v) is 0.667. The average molecular weight is 110 g/mol. The van der Waals surface area contributed by atoms with Gasteiger partial charge < -0.3 is 0 Å². The second kappa shape index (κ2) is 4.02. The van der Waals surface area contributed by atoms with Crippen molar-refractivity contribution in [3.63, 3.8) is 0 Å². The van der Waals surface area contributed by atoms with Crippen molar-refractivity contribution in [2.75, 3.05) is 0 Å². The molecule has 0 aliphatic rings. The summed E-state index contributed by atoms with van der Waals surface area (Å²) in [6.07, 6.45) is 0. The Balaban J connectivity index is 0.000000360. The van der Waals surface area contributed by atoms with E-state index >= 15 is 0 Å². The van der Waals surface area contributed by atoms with Crippen molar-refractivity contribution in [1.29, 1.82) is 0 Å². The summed E-state index contributed by atoms with van der Waals surface area (Å²) in [4.78, 5) is 0. The van der Waals surface area contributed by atoms with Crippen LogP contribution in [0.5, 0.6) is 0 Å². The molecule has 0 aliphatic heterocycles. The van der Waals surface area contributed by atoms with E-state index in [9.17, 15) is 0 Å². The summed E-state index contributed by atoms with van der Waals surface area (Å²) < 4.78 is 0. The Bertz CT molecular complexity index is 80.0. The second-order valence-corrected chi connectivity index (χ2v) is 1.15. The van der Waals surface area contributed by atoms with Gasteiger partial charge in [-0.25, -0.2) is 0 Å². The fourth-order valence-electron chi connectivity index (χ4n) is 0.385. The van der Waals surface area contributed by atoms with Crippen LogP contribution in [0, 0.1) is 0 Å². The third kappa shape index (κ3) is 2.53. The maximum atomic E-state index is 2.00. The molecule has 0 saturated carbocycles. The Morgan fingerprint density at radius 2 is 1.43 bits per heavy atom. The Hall–Kier alpha value is -0.155. The molecule has 0 N–H and O–H groups in total. The Morgan fingerprint density at radius 1 is 0.857 bits per heavy atom. The van der Waals surface area contributed by atoms with Gasteiger partial charge in [0.05, 0.1) is 0 Å². The Labute approximate surface area is 47.8 Å². The van der Waals surface area contributed by atoms with Crippen molar-refractivity contribution in [2.45, 2.75) is 0 Å². The van der Waals surface area contributed by atoms with Crippen molar-refractivity contribution >= 4 is 16.8 Å². The topological polar surface area (TPSA) is 0 Å². The third-order valence-electron chi connectivity index (χ3n) is 0.667. The first kappa shape index (κ1) is 6.84. The van der Waals surface area contributed by atoms with E-state index in [4.69, 9.17) is 0 Å². The van der Waals surface area contributed by atoms with E-state index in [2.05, 4.69) is 0 Å². The number of rotatable bonds is 0. The van der Waals surface area contributed by atoms with Crippen molar-refractivity contribution in [3.05, 3.63) is 30.1 Å². The molecule has 0 amide bonds. The first-order chi connectivity index (χ1) is 3.00. The van der Waals surface area contributed by atoms with Crippen molar-refractivity contribution < 1.29 is 0 Å². The van der Waals surface area contributed by atoms with Gasteiger partial charge in [0, 0.05) is 0 Å². The minimum atomic E-state index is 0. The number of hydrogen-bond donors (Lipinski definition) is 0. The van der Waals surface area contributed by atoms with Crippen LogP contribution in [0.3, 0.4) is 0 Å². The second-order valence-electron chi connectivity index (χ2n) is 1.15. The van der Waals surface area contributed by atoms with Gasteiger partial charge in [0.2, 0.25) is 0 Å². The van der Waals surface area contributed by atoms with Crippen LogP contribution in [0.25, 0.3) is 0 Å². The van der Waals surface area contributed by atoms with Gasteiger partial charge in [-0.05, 0) is 0 Å². The van der Waals surface area contributed by atoms with Gasteiger partial charge in [0.1, 0.15) is 0 Å². The molecular weight excluding hydrogens is 102 g/mol. The molecule has 0 fully saturated rings. The van der Waals surface area contributed by atoms with Gasteiger partial charge >= 0.3 is 37.0 Å².